The molecule has 0 radical (unpaired) electrons. The molecule has 160 valence electrons. The first-order valence-electron chi connectivity index (χ1n) is 9.64. The average Bonchev–Trinajstić information content (AvgIpc) is 3.19. The van der Waals surface area contributed by atoms with Crippen LogP contribution in [-0.2, 0) is 0 Å². The quantitative estimate of drug-likeness (QED) is 0.185. The molecule has 0 saturated carbocycles. The Kier molecular flexibility index (Phi) is 5.74. The van der Waals surface area contributed by atoms with Crippen LogP contribution >= 0.6 is 11.8 Å². The van der Waals surface area contributed by atoms with Crippen LogP contribution in [0.4, 0.5) is 5.69 Å². The summed E-state index contributed by atoms with van der Waals surface area (Å²) < 4.78 is 0. The first kappa shape index (κ1) is 21.3. The molecular formula is C23H18N4O4S. The molecule has 1 unspecified atom stereocenters. The van der Waals surface area contributed by atoms with Gasteiger partial charge in [-0.15, -0.1) is 0 Å². The van der Waals surface area contributed by atoms with Crippen LogP contribution in [0, 0.1) is 17.0 Å². The minimum atomic E-state index is -0.972. The molecule has 4 rings (SSSR count). The molecule has 4 aromatic rings. The highest BCUT2D eigenvalue weighted by atomic mass is 32.2. The second-order valence-electron chi connectivity index (χ2n) is 7.18. The van der Waals surface area contributed by atoms with Crippen molar-refractivity contribution in [1.29, 1.82) is 0 Å². The van der Waals surface area contributed by atoms with E-state index in [0.29, 0.717) is 10.7 Å². The first-order valence-corrected chi connectivity index (χ1v) is 10.5. The summed E-state index contributed by atoms with van der Waals surface area (Å²) >= 11 is 1.08. The summed E-state index contributed by atoms with van der Waals surface area (Å²) in [7, 11) is 0. The molecule has 1 aromatic heterocycles. The zero-order valence-electron chi connectivity index (χ0n) is 16.9. The third-order valence-electron chi connectivity index (χ3n) is 4.97. The van der Waals surface area contributed by atoms with E-state index in [1.807, 2.05) is 31.2 Å². The van der Waals surface area contributed by atoms with Crippen LogP contribution in [-0.4, -0.2) is 26.6 Å². The topological polar surface area (TPSA) is 132 Å². The zero-order valence-corrected chi connectivity index (χ0v) is 17.8. The fourth-order valence-corrected chi connectivity index (χ4v) is 4.41. The molecule has 0 spiro atoms. The third kappa shape index (κ3) is 4.23. The lowest BCUT2D eigenvalue weighted by Gasteiger charge is -2.16. The number of benzene rings is 3. The van der Waals surface area contributed by atoms with Gasteiger partial charge in [-0.05, 0) is 31.2 Å². The molecule has 1 heterocycles. The predicted molar refractivity (Wildman–Crippen MR) is 122 cm³/mol. The van der Waals surface area contributed by atoms with Gasteiger partial charge in [0, 0.05) is 17.2 Å². The Morgan fingerprint density at radius 1 is 1.06 bits per heavy atom. The fourth-order valence-electron chi connectivity index (χ4n) is 3.30. The van der Waals surface area contributed by atoms with E-state index in [1.165, 1.54) is 12.1 Å². The van der Waals surface area contributed by atoms with Crippen molar-refractivity contribution >= 4 is 40.2 Å². The van der Waals surface area contributed by atoms with Crippen molar-refractivity contribution in [3.8, 4) is 0 Å². The largest absolute Gasteiger partial charge is 0.366 e. The Morgan fingerprint density at radius 2 is 1.75 bits per heavy atom. The Labute approximate surface area is 187 Å². The highest BCUT2D eigenvalue weighted by molar-refractivity contribution is 8.00. The number of carbonyl (C=O) groups is 2. The number of thioether (sulfide) groups is 1. The number of nitrogens with zero attached hydrogens (tertiary/aromatic N) is 2. The van der Waals surface area contributed by atoms with Gasteiger partial charge in [0.15, 0.2) is 10.9 Å². The molecular weight excluding hydrogens is 428 g/mol. The van der Waals surface area contributed by atoms with Crippen molar-refractivity contribution < 1.29 is 14.5 Å². The van der Waals surface area contributed by atoms with Crippen LogP contribution in [0.25, 0.3) is 11.0 Å². The monoisotopic (exact) mass is 446 g/mol. The van der Waals surface area contributed by atoms with Gasteiger partial charge in [0.1, 0.15) is 5.25 Å². The molecule has 0 aliphatic rings. The number of primary amides is 1. The van der Waals surface area contributed by atoms with Crippen molar-refractivity contribution in [1.82, 2.24) is 9.97 Å². The predicted octanol–water partition coefficient (Wildman–Crippen LogP) is 4.59. The number of nitrogens with one attached hydrogen (secondary N) is 1. The number of carbonyl (C=O) groups excluding carboxylic acids is 2. The number of imidazole rings is 1. The molecule has 0 aliphatic heterocycles. The van der Waals surface area contributed by atoms with Gasteiger partial charge in [-0.3, -0.25) is 19.7 Å². The van der Waals surface area contributed by atoms with Crippen molar-refractivity contribution in [2.75, 3.05) is 0 Å². The van der Waals surface area contributed by atoms with Crippen LogP contribution in [0.1, 0.15) is 37.1 Å². The number of H-pyrrole nitrogens is 1. The minimum Gasteiger partial charge on any atom is -0.366 e. The molecule has 0 saturated heterocycles. The van der Waals surface area contributed by atoms with Gasteiger partial charge in [-0.1, -0.05) is 53.7 Å². The van der Waals surface area contributed by atoms with E-state index < -0.39 is 16.1 Å². The molecule has 9 heteroatoms. The molecule has 32 heavy (non-hydrogen) atoms. The Morgan fingerprint density at radius 3 is 2.41 bits per heavy atom. The second kappa shape index (κ2) is 8.64. The van der Waals surface area contributed by atoms with E-state index >= 15 is 0 Å². The molecule has 0 fully saturated rings. The smallest absolute Gasteiger partial charge is 0.275 e. The molecule has 3 aromatic carbocycles. The van der Waals surface area contributed by atoms with Gasteiger partial charge < -0.3 is 10.7 Å². The van der Waals surface area contributed by atoms with Crippen molar-refractivity contribution in [3.05, 3.63) is 99.1 Å². The maximum Gasteiger partial charge on any atom is 0.275 e. The molecule has 0 aliphatic carbocycles. The summed E-state index contributed by atoms with van der Waals surface area (Å²) in [6.45, 7) is 1.91. The number of hydrogen-bond donors (Lipinski definition) is 2. The average molecular weight is 446 g/mol. The highest BCUT2D eigenvalue weighted by Crippen LogP contribution is 2.41. The van der Waals surface area contributed by atoms with Gasteiger partial charge in [0.05, 0.1) is 21.5 Å². The molecule has 0 bridgehead atoms. The number of ketones is 1. The lowest BCUT2D eigenvalue weighted by atomic mass is 9.99. The van der Waals surface area contributed by atoms with E-state index in [2.05, 4.69) is 9.97 Å². The summed E-state index contributed by atoms with van der Waals surface area (Å²) in [6, 6.07) is 18.3. The van der Waals surface area contributed by atoms with E-state index in [-0.39, 0.29) is 22.6 Å². The second-order valence-corrected chi connectivity index (χ2v) is 8.28. The standard InChI is InChI=1S/C23H18N4O4S/c1-13-6-8-14(9-7-13)20(28)21(32-23-25-17-4-2-3-5-18(17)26-23)16-11-10-15(22(24)29)12-19(16)27(30)31/h2-12,21H,1H3,(H2,24,29)(H,25,26). The third-order valence-corrected chi connectivity index (χ3v) is 6.09. The van der Waals surface area contributed by atoms with Crippen molar-refractivity contribution in [2.24, 2.45) is 5.73 Å². The fraction of sp³-hybridized carbons (Fsp3) is 0.0870. The minimum absolute atomic E-state index is 0.00396. The number of aromatic amines is 1. The van der Waals surface area contributed by atoms with E-state index in [9.17, 15) is 19.7 Å². The summed E-state index contributed by atoms with van der Waals surface area (Å²) in [5.74, 6) is -1.10. The zero-order chi connectivity index (χ0) is 22.8. The molecule has 1 amide bonds. The van der Waals surface area contributed by atoms with Crippen LogP contribution in [0.5, 0.6) is 0 Å². The molecule has 8 nitrogen and oxygen atoms in total. The summed E-state index contributed by atoms with van der Waals surface area (Å²) in [5.41, 5.74) is 8.00. The van der Waals surface area contributed by atoms with Crippen LogP contribution in [0.2, 0.25) is 0 Å². The van der Waals surface area contributed by atoms with E-state index in [1.54, 1.807) is 24.3 Å². The lowest BCUT2D eigenvalue weighted by Crippen LogP contribution is -2.15. The van der Waals surface area contributed by atoms with Gasteiger partial charge in [0.25, 0.3) is 5.69 Å². The van der Waals surface area contributed by atoms with Gasteiger partial charge >= 0.3 is 0 Å². The lowest BCUT2D eigenvalue weighted by molar-refractivity contribution is -0.385. The van der Waals surface area contributed by atoms with Crippen molar-refractivity contribution in [2.45, 2.75) is 17.3 Å². The van der Waals surface area contributed by atoms with Gasteiger partial charge in [0.2, 0.25) is 5.91 Å². The van der Waals surface area contributed by atoms with E-state index in [0.717, 1.165) is 34.4 Å². The maximum absolute atomic E-state index is 13.5. The number of aryl methyl sites for hydroxylation is 1. The van der Waals surface area contributed by atoms with Crippen molar-refractivity contribution in [3.63, 3.8) is 0 Å². The van der Waals surface area contributed by atoms with Crippen LogP contribution in [0.3, 0.4) is 0 Å². The number of para-hydroxylation sites is 2. The SMILES string of the molecule is Cc1ccc(C(=O)C(Sc2nc3ccccc3[nH]2)c2ccc(C(N)=O)cc2[N+](=O)[O-])cc1. The number of hydrogen-bond acceptors (Lipinski definition) is 6. The molecule has 3 N–H and O–H groups in total. The number of Topliss-reactive ketones (excluding diaryl/α,β-unsaturated/α-hetero) is 1. The molecule has 1 atom stereocenters. The number of amides is 1. The Balaban J connectivity index is 1.83. The van der Waals surface area contributed by atoms with Crippen LogP contribution < -0.4 is 5.73 Å². The van der Waals surface area contributed by atoms with Gasteiger partial charge in [-0.25, -0.2) is 4.98 Å². The van der Waals surface area contributed by atoms with Gasteiger partial charge in [-0.2, -0.15) is 0 Å². The maximum atomic E-state index is 13.5. The summed E-state index contributed by atoms with van der Waals surface area (Å²) in [6.07, 6.45) is 0. The number of nitrogens with two attached hydrogens (primary N) is 1. The Hall–Kier alpha value is -3.98. The summed E-state index contributed by atoms with van der Waals surface area (Å²) in [5, 5.41) is 11.3. The highest BCUT2D eigenvalue weighted by Gasteiger charge is 2.31. The van der Waals surface area contributed by atoms with Crippen LogP contribution in [0.15, 0.2) is 71.9 Å². The normalized spacial score (nSPS) is 11.9. The van der Waals surface area contributed by atoms with E-state index in [4.69, 9.17) is 5.73 Å². The number of aromatic nitrogens is 2. The number of rotatable bonds is 7. The summed E-state index contributed by atoms with van der Waals surface area (Å²) in [4.78, 5) is 43.9. The number of fused-ring (bicyclic) bond motifs is 1. The Bertz CT molecular complexity index is 1310. The number of nitro benzene ring substituents is 1. The first-order chi connectivity index (χ1) is 15.3. The number of nitro groups is 1.